The average Bonchev–Trinajstić information content (AvgIpc) is 3.16. The number of rotatable bonds is 6. The van der Waals surface area contributed by atoms with E-state index < -0.39 is 0 Å². The summed E-state index contributed by atoms with van der Waals surface area (Å²) in [6, 6.07) is 10.5. The largest absolute Gasteiger partial charge is 0.347 e. The molecule has 3 rings (SSSR count). The Hall–Kier alpha value is -1.88. The molecule has 0 radical (unpaired) electrons. The summed E-state index contributed by atoms with van der Waals surface area (Å²) < 4.78 is 0. The Morgan fingerprint density at radius 1 is 1.08 bits per heavy atom. The highest BCUT2D eigenvalue weighted by molar-refractivity contribution is 5.86. The van der Waals surface area contributed by atoms with Crippen molar-refractivity contribution >= 4 is 11.8 Å². The zero-order chi connectivity index (χ0) is 18.4. The summed E-state index contributed by atoms with van der Waals surface area (Å²) in [6.07, 6.45) is 6.13. The minimum atomic E-state index is -0.00981. The highest BCUT2D eigenvalue weighted by Crippen LogP contribution is 2.30. The van der Waals surface area contributed by atoms with Crippen LogP contribution in [0.3, 0.4) is 0 Å². The number of carbonyl (C=O) groups excluding carboxylic acids is 2. The van der Waals surface area contributed by atoms with E-state index in [1.165, 1.54) is 5.56 Å². The first-order valence-corrected chi connectivity index (χ1v) is 9.97. The zero-order valence-corrected chi connectivity index (χ0v) is 15.5. The van der Waals surface area contributed by atoms with Gasteiger partial charge in [-0.1, -0.05) is 36.8 Å². The fourth-order valence-corrected chi connectivity index (χ4v) is 4.40. The number of benzene rings is 1. The minimum Gasteiger partial charge on any atom is -0.347 e. The van der Waals surface area contributed by atoms with Gasteiger partial charge in [-0.2, -0.15) is 0 Å². The van der Waals surface area contributed by atoms with E-state index in [1.807, 2.05) is 11.0 Å². The highest BCUT2D eigenvalue weighted by atomic mass is 16.2. The molecule has 3 N–H and O–H groups in total. The van der Waals surface area contributed by atoms with Crippen molar-refractivity contribution in [3.63, 3.8) is 0 Å². The van der Waals surface area contributed by atoms with Crippen LogP contribution in [-0.2, 0) is 16.0 Å². The molecular formula is C21H31N3O2. The summed E-state index contributed by atoms with van der Waals surface area (Å²) in [7, 11) is 0. The number of amides is 2. The third-order valence-corrected chi connectivity index (χ3v) is 6.05. The van der Waals surface area contributed by atoms with Crippen molar-refractivity contribution in [3.05, 3.63) is 35.9 Å². The van der Waals surface area contributed by atoms with E-state index in [4.69, 9.17) is 5.73 Å². The Balaban J connectivity index is 1.39. The van der Waals surface area contributed by atoms with Crippen LogP contribution in [-0.4, -0.2) is 42.9 Å². The van der Waals surface area contributed by atoms with E-state index >= 15 is 0 Å². The molecule has 0 unspecified atom stereocenters. The van der Waals surface area contributed by atoms with Gasteiger partial charge in [-0.05, 0) is 56.0 Å². The number of hydrogen-bond acceptors (Lipinski definition) is 3. The Labute approximate surface area is 156 Å². The van der Waals surface area contributed by atoms with Crippen molar-refractivity contribution in [2.45, 2.75) is 38.5 Å². The summed E-state index contributed by atoms with van der Waals surface area (Å²) in [4.78, 5) is 26.6. The molecule has 1 aromatic rings. The molecule has 5 heteroatoms. The molecule has 2 atom stereocenters. The van der Waals surface area contributed by atoms with E-state index in [-0.39, 0.29) is 30.2 Å². The van der Waals surface area contributed by atoms with Crippen molar-refractivity contribution < 1.29 is 9.59 Å². The number of nitrogens with zero attached hydrogens (tertiary/aromatic N) is 1. The van der Waals surface area contributed by atoms with Crippen LogP contribution in [0, 0.1) is 17.8 Å². The van der Waals surface area contributed by atoms with Crippen LogP contribution in [0.1, 0.15) is 37.7 Å². The molecule has 1 saturated heterocycles. The summed E-state index contributed by atoms with van der Waals surface area (Å²) in [6.45, 7) is 2.26. The van der Waals surface area contributed by atoms with E-state index in [0.29, 0.717) is 12.5 Å². The number of carbonyl (C=O) groups is 2. The fraction of sp³-hybridized carbons (Fsp3) is 0.619. The Morgan fingerprint density at radius 3 is 2.50 bits per heavy atom. The lowest BCUT2D eigenvalue weighted by Crippen LogP contribution is -2.45. The Kier molecular flexibility index (Phi) is 6.67. The SMILES string of the molecule is NC[C@H]1CCC[C@H]1C(=O)NCC(=O)N1CCC(Cc2ccccc2)CC1. The predicted octanol–water partition coefficient (Wildman–Crippen LogP) is 1.96. The van der Waals surface area contributed by atoms with Gasteiger partial charge in [0.2, 0.25) is 11.8 Å². The second-order valence-electron chi connectivity index (χ2n) is 7.76. The van der Waals surface area contributed by atoms with Gasteiger partial charge in [0.05, 0.1) is 6.54 Å². The molecule has 0 bridgehead atoms. The number of nitrogens with one attached hydrogen (secondary N) is 1. The smallest absolute Gasteiger partial charge is 0.241 e. The lowest BCUT2D eigenvalue weighted by Gasteiger charge is -2.32. The molecule has 142 valence electrons. The van der Waals surface area contributed by atoms with Gasteiger partial charge in [0, 0.05) is 19.0 Å². The van der Waals surface area contributed by atoms with E-state index in [1.54, 1.807) is 0 Å². The number of likely N-dealkylation sites (tertiary alicyclic amines) is 1. The van der Waals surface area contributed by atoms with Gasteiger partial charge in [-0.3, -0.25) is 9.59 Å². The van der Waals surface area contributed by atoms with Crippen molar-refractivity contribution in [2.75, 3.05) is 26.2 Å². The molecule has 1 aliphatic heterocycles. The third-order valence-electron chi connectivity index (χ3n) is 6.05. The quantitative estimate of drug-likeness (QED) is 0.817. The topological polar surface area (TPSA) is 75.4 Å². The first-order valence-electron chi connectivity index (χ1n) is 9.97. The van der Waals surface area contributed by atoms with E-state index in [9.17, 15) is 9.59 Å². The second kappa shape index (κ2) is 9.17. The molecule has 26 heavy (non-hydrogen) atoms. The van der Waals surface area contributed by atoms with Gasteiger partial charge in [-0.15, -0.1) is 0 Å². The van der Waals surface area contributed by atoms with Gasteiger partial charge in [0.25, 0.3) is 0 Å². The third kappa shape index (κ3) is 4.85. The maximum absolute atomic E-state index is 12.4. The fourth-order valence-electron chi connectivity index (χ4n) is 4.40. The van der Waals surface area contributed by atoms with Crippen molar-refractivity contribution in [1.29, 1.82) is 0 Å². The molecule has 1 heterocycles. The van der Waals surface area contributed by atoms with Crippen molar-refractivity contribution in [3.8, 4) is 0 Å². The summed E-state index contributed by atoms with van der Waals surface area (Å²) in [5.74, 6) is 0.951. The van der Waals surface area contributed by atoms with Crippen LogP contribution in [0.5, 0.6) is 0 Å². The zero-order valence-electron chi connectivity index (χ0n) is 15.5. The van der Waals surface area contributed by atoms with Crippen LogP contribution in [0.2, 0.25) is 0 Å². The summed E-state index contributed by atoms with van der Waals surface area (Å²) in [5, 5.41) is 2.85. The monoisotopic (exact) mass is 357 g/mol. The normalized spacial score (nSPS) is 23.8. The van der Waals surface area contributed by atoms with Gasteiger partial charge in [-0.25, -0.2) is 0 Å². The average molecular weight is 357 g/mol. The van der Waals surface area contributed by atoms with E-state index in [0.717, 1.165) is 51.6 Å². The first kappa shape index (κ1) is 18.9. The molecular weight excluding hydrogens is 326 g/mol. The minimum absolute atomic E-state index is 0.00487. The molecule has 0 aromatic heterocycles. The second-order valence-corrected chi connectivity index (χ2v) is 7.76. The van der Waals surface area contributed by atoms with E-state index in [2.05, 4.69) is 29.6 Å². The predicted molar refractivity (Wildman–Crippen MR) is 102 cm³/mol. The van der Waals surface area contributed by atoms with Crippen LogP contribution in [0.4, 0.5) is 0 Å². The standard InChI is InChI=1S/C21H31N3O2/c22-14-18-7-4-8-19(18)21(26)23-15-20(25)24-11-9-17(10-12-24)13-16-5-2-1-3-6-16/h1-3,5-6,17-19H,4,7-15,22H2,(H,23,26)/t18-,19-/m1/s1. The highest BCUT2D eigenvalue weighted by Gasteiger charge is 2.32. The molecule has 1 saturated carbocycles. The molecule has 1 aliphatic carbocycles. The molecule has 2 aliphatic rings. The number of piperidine rings is 1. The summed E-state index contributed by atoms with van der Waals surface area (Å²) in [5.41, 5.74) is 7.12. The van der Waals surface area contributed by atoms with Gasteiger partial charge < -0.3 is 16.0 Å². The summed E-state index contributed by atoms with van der Waals surface area (Å²) >= 11 is 0. The molecule has 5 nitrogen and oxygen atoms in total. The van der Waals surface area contributed by atoms with Crippen molar-refractivity contribution in [1.82, 2.24) is 10.2 Å². The lowest BCUT2D eigenvalue weighted by atomic mass is 9.90. The van der Waals surface area contributed by atoms with Crippen LogP contribution >= 0.6 is 0 Å². The maximum Gasteiger partial charge on any atom is 0.241 e. The number of hydrogen-bond donors (Lipinski definition) is 2. The maximum atomic E-state index is 12.4. The molecule has 2 fully saturated rings. The van der Waals surface area contributed by atoms with Gasteiger partial charge in [0.15, 0.2) is 0 Å². The Morgan fingerprint density at radius 2 is 1.81 bits per heavy atom. The van der Waals surface area contributed by atoms with Gasteiger partial charge >= 0.3 is 0 Å². The molecule has 1 aromatic carbocycles. The lowest BCUT2D eigenvalue weighted by molar-refractivity contribution is -0.135. The van der Waals surface area contributed by atoms with Crippen LogP contribution in [0.25, 0.3) is 0 Å². The van der Waals surface area contributed by atoms with Crippen LogP contribution in [0.15, 0.2) is 30.3 Å². The van der Waals surface area contributed by atoms with Gasteiger partial charge in [0.1, 0.15) is 0 Å². The number of nitrogens with two attached hydrogens (primary N) is 1. The van der Waals surface area contributed by atoms with Crippen molar-refractivity contribution in [2.24, 2.45) is 23.5 Å². The van der Waals surface area contributed by atoms with Crippen LogP contribution < -0.4 is 11.1 Å². The Bertz CT molecular complexity index is 597. The molecule has 2 amide bonds. The molecule has 0 spiro atoms. The first-order chi connectivity index (χ1) is 12.7.